The molecule has 0 radical (unpaired) electrons. The molecule has 1 aromatic carbocycles. The topological polar surface area (TPSA) is 100 Å². The Morgan fingerprint density at radius 3 is 2.29 bits per heavy atom. The molecule has 0 fully saturated rings. The Morgan fingerprint density at radius 2 is 1.74 bits per heavy atom. The van der Waals surface area contributed by atoms with Crippen LogP contribution in [0.1, 0.15) is 41.6 Å². The summed E-state index contributed by atoms with van der Waals surface area (Å²) in [6.45, 7) is 3.81. The molecule has 0 bridgehead atoms. The second-order valence-corrected chi connectivity index (χ2v) is 8.22. The minimum Gasteiger partial charge on any atom is -0.465 e. The molecule has 0 spiro atoms. The number of benzene rings is 1. The van der Waals surface area contributed by atoms with Crippen molar-refractivity contribution in [3.05, 3.63) is 79.0 Å². The van der Waals surface area contributed by atoms with Crippen LogP contribution < -0.4 is 5.43 Å². The first-order valence-corrected chi connectivity index (χ1v) is 11.3. The summed E-state index contributed by atoms with van der Waals surface area (Å²) >= 11 is 18.2. The molecular weight excluding hydrogens is 505 g/mol. The molecule has 1 unspecified atom stereocenters. The molecule has 0 amide bonds. The van der Waals surface area contributed by atoms with Gasteiger partial charge in [0.05, 0.1) is 34.5 Å². The molecule has 0 N–H and O–H groups in total. The molecule has 11 heteroatoms. The van der Waals surface area contributed by atoms with Crippen LogP contribution in [-0.4, -0.2) is 40.2 Å². The Balaban J connectivity index is 2.42. The molecule has 8 nitrogen and oxygen atoms in total. The predicted molar refractivity (Wildman–Crippen MR) is 129 cm³/mol. The number of carbonyl (C=O) groups is 2. The van der Waals surface area contributed by atoms with Crippen molar-refractivity contribution in [3.63, 3.8) is 0 Å². The lowest BCUT2D eigenvalue weighted by atomic mass is 9.97. The van der Waals surface area contributed by atoms with Crippen LogP contribution in [0.2, 0.25) is 15.1 Å². The van der Waals surface area contributed by atoms with Crippen molar-refractivity contribution in [1.29, 1.82) is 0 Å². The third kappa shape index (κ3) is 5.09. The van der Waals surface area contributed by atoms with Crippen LogP contribution in [0.5, 0.6) is 0 Å². The number of esters is 2. The average Bonchev–Trinajstić information content (AvgIpc) is 2.81. The number of halogens is 3. The SMILES string of the molecule is CCOC(=O)C(c1ncc(Cl)cn1)c1cc(=O)c(C(=O)OC)c(-c2ccc(Cl)c(Cl)c2)n1CC. The standard InChI is InChI=1S/C23H20Cl3N3O5/c1-4-29-16(18(23(32)34-5-2)21-27-10-13(24)11-28-21)9-17(30)19(22(31)33-3)20(29)12-6-7-14(25)15(26)8-12/h6-11,18H,4-5H2,1-3H3. The molecule has 0 saturated heterocycles. The van der Waals surface area contributed by atoms with Gasteiger partial charge in [-0.2, -0.15) is 0 Å². The molecule has 0 aliphatic heterocycles. The zero-order chi connectivity index (χ0) is 25.0. The van der Waals surface area contributed by atoms with E-state index in [9.17, 15) is 14.4 Å². The Bertz CT molecular complexity index is 1290. The molecule has 34 heavy (non-hydrogen) atoms. The highest BCUT2D eigenvalue weighted by Gasteiger charge is 2.33. The van der Waals surface area contributed by atoms with Gasteiger partial charge in [-0.15, -0.1) is 0 Å². The first kappa shape index (κ1) is 25.7. The zero-order valence-corrected chi connectivity index (χ0v) is 20.7. The number of ether oxygens (including phenoxy) is 2. The van der Waals surface area contributed by atoms with E-state index in [4.69, 9.17) is 44.3 Å². The van der Waals surface area contributed by atoms with E-state index in [2.05, 4.69) is 9.97 Å². The van der Waals surface area contributed by atoms with Gasteiger partial charge in [0.15, 0.2) is 11.3 Å². The van der Waals surface area contributed by atoms with Gasteiger partial charge in [-0.05, 0) is 26.0 Å². The molecule has 178 valence electrons. The lowest BCUT2D eigenvalue weighted by Crippen LogP contribution is -2.29. The lowest BCUT2D eigenvalue weighted by Gasteiger charge is -2.24. The normalized spacial score (nSPS) is 11.7. The lowest BCUT2D eigenvalue weighted by molar-refractivity contribution is -0.144. The number of aromatic nitrogens is 3. The Kier molecular flexibility index (Phi) is 8.30. The minimum absolute atomic E-state index is 0.0790. The van der Waals surface area contributed by atoms with Crippen LogP contribution >= 0.6 is 34.8 Å². The summed E-state index contributed by atoms with van der Waals surface area (Å²) in [5.74, 6) is -2.60. The van der Waals surface area contributed by atoms with E-state index in [1.807, 2.05) is 0 Å². The third-order valence-corrected chi connectivity index (χ3v) is 5.89. The van der Waals surface area contributed by atoms with E-state index in [0.29, 0.717) is 10.6 Å². The smallest absolute Gasteiger partial charge is 0.344 e. The zero-order valence-electron chi connectivity index (χ0n) is 18.5. The van der Waals surface area contributed by atoms with E-state index in [0.717, 1.165) is 0 Å². The van der Waals surface area contributed by atoms with Crippen LogP contribution in [0.4, 0.5) is 0 Å². The summed E-state index contributed by atoms with van der Waals surface area (Å²) in [7, 11) is 1.17. The van der Waals surface area contributed by atoms with E-state index >= 15 is 0 Å². The van der Waals surface area contributed by atoms with Crippen LogP contribution in [-0.2, 0) is 20.8 Å². The maximum atomic E-state index is 13.2. The molecule has 0 aliphatic rings. The maximum Gasteiger partial charge on any atom is 0.344 e. The number of carbonyl (C=O) groups excluding carboxylic acids is 2. The number of hydrogen-bond acceptors (Lipinski definition) is 7. The van der Waals surface area contributed by atoms with Gasteiger partial charge in [-0.25, -0.2) is 14.8 Å². The summed E-state index contributed by atoms with van der Waals surface area (Å²) in [5.41, 5.74) is -0.0158. The fraction of sp³-hybridized carbons (Fsp3) is 0.261. The molecule has 3 aromatic rings. The van der Waals surface area contributed by atoms with E-state index in [1.54, 1.807) is 30.5 Å². The third-order valence-electron chi connectivity index (χ3n) is 4.96. The van der Waals surface area contributed by atoms with Gasteiger partial charge >= 0.3 is 11.9 Å². The largest absolute Gasteiger partial charge is 0.465 e. The summed E-state index contributed by atoms with van der Waals surface area (Å²) in [4.78, 5) is 47.3. The fourth-order valence-electron chi connectivity index (χ4n) is 3.54. The van der Waals surface area contributed by atoms with Gasteiger partial charge in [0.2, 0.25) is 0 Å². The van der Waals surface area contributed by atoms with Crippen molar-refractivity contribution in [2.45, 2.75) is 26.3 Å². The Labute approximate surface area is 210 Å². The maximum absolute atomic E-state index is 13.2. The highest BCUT2D eigenvalue weighted by molar-refractivity contribution is 6.42. The van der Waals surface area contributed by atoms with Crippen molar-refractivity contribution in [2.24, 2.45) is 0 Å². The summed E-state index contributed by atoms with van der Waals surface area (Å²) in [5, 5.41) is 0.792. The van der Waals surface area contributed by atoms with Crippen LogP contribution in [0.15, 0.2) is 41.5 Å². The minimum atomic E-state index is -1.17. The van der Waals surface area contributed by atoms with Gasteiger partial charge in [-0.1, -0.05) is 40.9 Å². The first-order chi connectivity index (χ1) is 16.2. The van der Waals surface area contributed by atoms with Gasteiger partial charge in [0.25, 0.3) is 0 Å². The highest BCUT2D eigenvalue weighted by Crippen LogP contribution is 2.33. The van der Waals surface area contributed by atoms with Crippen LogP contribution in [0.25, 0.3) is 11.3 Å². The Hall–Kier alpha value is -2.94. The van der Waals surface area contributed by atoms with Gasteiger partial charge < -0.3 is 14.0 Å². The number of hydrogen-bond donors (Lipinski definition) is 0. The molecule has 1 atom stereocenters. The number of nitrogens with zero attached hydrogens (tertiary/aromatic N) is 3. The molecule has 0 saturated carbocycles. The van der Waals surface area contributed by atoms with Crippen molar-refractivity contribution >= 4 is 46.7 Å². The molecule has 0 aliphatic carbocycles. The average molecular weight is 525 g/mol. The fourth-order valence-corrected chi connectivity index (χ4v) is 3.94. The highest BCUT2D eigenvalue weighted by atomic mass is 35.5. The second-order valence-electron chi connectivity index (χ2n) is 6.97. The Morgan fingerprint density at radius 1 is 1.06 bits per heavy atom. The van der Waals surface area contributed by atoms with Crippen LogP contribution in [0.3, 0.4) is 0 Å². The van der Waals surface area contributed by atoms with Crippen molar-refractivity contribution in [2.75, 3.05) is 13.7 Å². The summed E-state index contributed by atoms with van der Waals surface area (Å²) < 4.78 is 11.8. The number of pyridine rings is 1. The molecule has 3 rings (SSSR count). The van der Waals surface area contributed by atoms with Crippen LogP contribution in [0, 0.1) is 0 Å². The van der Waals surface area contributed by atoms with Crippen molar-refractivity contribution in [3.8, 4) is 11.3 Å². The summed E-state index contributed by atoms with van der Waals surface area (Å²) in [6, 6.07) is 5.88. The van der Waals surface area contributed by atoms with Gasteiger partial charge in [0, 0.05) is 36.3 Å². The van der Waals surface area contributed by atoms with Gasteiger partial charge in [-0.3, -0.25) is 9.59 Å². The first-order valence-electron chi connectivity index (χ1n) is 10.2. The molecular formula is C23H20Cl3N3O5. The van der Waals surface area contributed by atoms with Crippen molar-refractivity contribution in [1.82, 2.24) is 14.5 Å². The number of methoxy groups -OCH3 is 1. The quantitative estimate of drug-likeness (QED) is 0.411. The molecule has 2 aromatic heterocycles. The predicted octanol–water partition coefficient (Wildman–Crippen LogP) is 4.77. The van der Waals surface area contributed by atoms with E-state index in [-0.39, 0.29) is 46.0 Å². The van der Waals surface area contributed by atoms with Crippen molar-refractivity contribution < 1.29 is 19.1 Å². The summed E-state index contributed by atoms with van der Waals surface area (Å²) in [6.07, 6.45) is 2.68. The monoisotopic (exact) mass is 523 g/mol. The van der Waals surface area contributed by atoms with Gasteiger partial charge in [0.1, 0.15) is 11.4 Å². The van der Waals surface area contributed by atoms with E-state index < -0.39 is 23.3 Å². The second kappa shape index (κ2) is 11.0. The number of rotatable bonds is 7. The van der Waals surface area contributed by atoms with E-state index in [1.165, 1.54) is 31.6 Å². The molecule has 2 heterocycles.